The van der Waals surface area contributed by atoms with Gasteiger partial charge in [-0.05, 0) is 23.4 Å². The second kappa shape index (κ2) is 6.57. The number of primary amides is 1. The van der Waals surface area contributed by atoms with Crippen LogP contribution in [0, 0.1) is 5.92 Å². The molecule has 0 aliphatic heterocycles. The van der Waals surface area contributed by atoms with Crippen molar-refractivity contribution in [2.24, 2.45) is 11.7 Å². The SMILES string of the molecule is CC(C)[C@H](OC(=O)c1cc2ccccc2s1)C(=O)NC(N)=O. The van der Waals surface area contributed by atoms with Gasteiger partial charge in [0.2, 0.25) is 0 Å². The lowest BCUT2D eigenvalue weighted by molar-refractivity contribution is -0.130. The lowest BCUT2D eigenvalue weighted by atomic mass is 10.1. The molecule has 6 nitrogen and oxygen atoms in total. The number of thiophene rings is 1. The Morgan fingerprint density at radius 2 is 1.91 bits per heavy atom. The van der Waals surface area contributed by atoms with E-state index in [1.807, 2.05) is 29.6 Å². The minimum absolute atomic E-state index is 0.294. The molecule has 0 aliphatic carbocycles. The zero-order chi connectivity index (χ0) is 16.3. The molecule has 0 aliphatic rings. The summed E-state index contributed by atoms with van der Waals surface area (Å²) < 4.78 is 6.20. The summed E-state index contributed by atoms with van der Waals surface area (Å²) in [5.41, 5.74) is 4.91. The van der Waals surface area contributed by atoms with E-state index >= 15 is 0 Å². The molecule has 1 aromatic carbocycles. The molecule has 0 bridgehead atoms. The van der Waals surface area contributed by atoms with Crippen molar-refractivity contribution in [1.82, 2.24) is 5.32 Å². The van der Waals surface area contributed by atoms with E-state index in [0.29, 0.717) is 4.88 Å². The van der Waals surface area contributed by atoms with E-state index in [4.69, 9.17) is 10.5 Å². The highest BCUT2D eigenvalue weighted by atomic mass is 32.1. The summed E-state index contributed by atoms with van der Waals surface area (Å²) in [5.74, 6) is -1.62. The Morgan fingerprint density at radius 3 is 2.50 bits per heavy atom. The molecule has 3 amide bonds. The number of fused-ring (bicyclic) bond motifs is 1. The van der Waals surface area contributed by atoms with Crippen molar-refractivity contribution in [3.05, 3.63) is 35.2 Å². The van der Waals surface area contributed by atoms with Crippen LogP contribution in [-0.2, 0) is 9.53 Å². The van der Waals surface area contributed by atoms with Gasteiger partial charge in [-0.3, -0.25) is 10.1 Å². The van der Waals surface area contributed by atoms with Crippen LogP contribution in [0.5, 0.6) is 0 Å². The number of amides is 3. The fourth-order valence-corrected chi connectivity index (χ4v) is 2.89. The first-order chi connectivity index (χ1) is 10.4. The molecule has 2 aromatic rings. The number of imide groups is 1. The number of nitrogens with one attached hydrogen (secondary N) is 1. The van der Waals surface area contributed by atoms with E-state index in [0.717, 1.165) is 10.1 Å². The average Bonchev–Trinajstić information content (AvgIpc) is 2.87. The molecule has 0 radical (unpaired) electrons. The molecule has 0 saturated carbocycles. The summed E-state index contributed by atoms with van der Waals surface area (Å²) in [6.45, 7) is 3.42. The molecule has 2 rings (SSSR count). The van der Waals surface area contributed by atoms with Crippen LogP contribution in [0.25, 0.3) is 10.1 Å². The largest absolute Gasteiger partial charge is 0.448 e. The quantitative estimate of drug-likeness (QED) is 0.844. The number of rotatable bonds is 4. The highest BCUT2D eigenvalue weighted by Gasteiger charge is 2.28. The van der Waals surface area contributed by atoms with Crippen LogP contribution >= 0.6 is 11.3 Å². The molecule has 0 spiro atoms. The van der Waals surface area contributed by atoms with E-state index in [1.165, 1.54) is 11.3 Å². The van der Waals surface area contributed by atoms with Crippen molar-refractivity contribution in [2.45, 2.75) is 20.0 Å². The monoisotopic (exact) mass is 320 g/mol. The fraction of sp³-hybridized carbons (Fsp3) is 0.267. The fourth-order valence-electron chi connectivity index (χ4n) is 1.94. The van der Waals surface area contributed by atoms with Crippen molar-refractivity contribution in [1.29, 1.82) is 0 Å². The van der Waals surface area contributed by atoms with Gasteiger partial charge in [-0.1, -0.05) is 32.0 Å². The Kier molecular flexibility index (Phi) is 4.77. The van der Waals surface area contributed by atoms with Crippen LogP contribution in [0.2, 0.25) is 0 Å². The van der Waals surface area contributed by atoms with Gasteiger partial charge in [0.25, 0.3) is 5.91 Å². The minimum Gasteiger partial charge on any atom is -0.448 e. The van der Waals surface area contributed by atoms with Gasteiger partial charge in [0, 0.05) is 4.70 Å². The maximum Gasteiger partial charge on any atom is 0.349 e. The van der Waals surface area contributed by atoms with Crippen molar-refractivity contribution in [3.8, 4) is 0 Å². The number of nitrogens with two attached hydrogens (primary N) is 1. The minimum atomic E-state index is -1.08. The van der Waals surface area contributed by atoms with Crippen LogP contribution in [0.3, 0.4) is 0 Å². The summed E-state index contributed by atoms with van der Waals surface area (Å²) in [6.07, 6.45) is -1.08. The zero-order valence-corrected chi connectivity index (χ0v) is 13.0. The average molecular weight is 320 g/mol. The van der Waals surface area contributed by atoms with Crippen LogP contribution in [0.4, 0.5) is 4.79 Å². The van der Waals surface area contributed by atoms with Gasteiger partial charge < -0.3 is 10.5 Å². The summed E-state index contributed by atoms with van der Waals surface area (Å²) >= 11 is 1.29. The molecular weight excluding hydrogens is 304 g/mol. The van der Waals surface area contributed by atoms with E-state index < -0.39 is 24.0 Å². The third kappa shape index (κ3) is 3.62. The van der Waals surface area contributed by atoms with Gasteiger partial charge in [-0.15, -0.1) is 11.3 Å². The summed E-state index contributed by atoms with van der Waals surface area (Å²) in [5, 5.41) is 2.87. The number of hydrogen-bond donors (Lipinski definition) is 2. The Morgan fingerprint density at radius 1 is 1.23 bits per heavy atom. The molecule has 116 valence electrons. The number of esters is 1. The first kappa shape index (κ1) is 16.0. The Labute approximate surface area is 131 Å². The molecule has 7 heteroatoms. The Bertz CT molecular complexity index is 690. The van der Waals surface area contributed by atoms with E-state index in [9.17, 15) is 14.4 Å². The third-order valence-corrected chi connectivity index (χ3v) is 4.07. The number of benzene rings is 1. The lowest BCUT2D eigenvalue weighted by Crippen LogP contribution is -2.45. The smallest absolute Gasteiger partial charge is 0.349 e. The molecule has 1 heterocycles. The molecule has 3 N–H and O–H groups in total. The Hall–Kier alpha value is -2.41. The predicted molar refractivity (Wildman–Crippen MR) is 83.6 cm³/mol. The van der Waals surface area contributed by atoms with Crippen molar-refractivity contribution >= 4 is 39.3 Å². The van der Waals surface area contributed by atoms with Gasteiger partial charge in [0.1, 0.15) is 4.88 Å². The number of carbonyl (C=O) groups excluding carboxylic acids is 3. The molecule has 0 unspecified atom stereocenters. The van der Waals surface area contributed by atoms with Gasteiger partial charge in [0.15, 0.2) is 6.10 Å². The number of carbonyl (C=O) groups is 3. The topological polar surface area (TPSA) is 98.5 Å². The summed E-state index contributed by atoms with van der Waals surface area (Å²) in [4.78, 5) is 35.2. The van der Waals surface area contributed by atoms with Gasteiger partial charge in [-0.25, -0.2) is 9.59 Å². The van der Waals surface area contributed by atoms with E-state index in [-0.39, 0.29) is 5.92 Å². The maximum absolute atomic E-state index is 12.2. The van der Waals surface area contributed by atoms with Gasteiger partial charge in [-0.2, -0.15) is 0 Å². The predicted octanol–water partition coefficient (Wildman–Crippen LogP) is 2.28. The molecule has 1 aromatic heterocycles. The highest BCUT2D eigenvalue weighted by Crippen LogP contribution is 2.26. The Balaban J connectivity index is 2.17. The van der Waals surface area contributed by atoms with Gasteiger partial charge in [0.05, 0.1) is 0 Å². The summed E-state index contributed by atoms with van der Waals surface area (Å²) in [7, 11) is 0. The molecule has 1 atom stereocenters. The van der Waals surface area contributed by atoms with Crippen LogP contribution in [0.1, 0.15) is 23.5 Å². The van der Waals surface area contributed by atoms with Crippen molar-refractivity contribution in [3.63, 3.8) is 0 Å². The standard InChI is InChI=1S/C15H16N2O4S/c1-8(2)12(13(18)17-15(16)20)21-14(19)11-7-9-5-3-4-6-10(9)22-11/h3-8,12H,1-2H3,(H3,16,17,18,20)/t12-/m0/s1. The van der Waals surface area contributed by atoms with Crippen molar-refractivity contribution < 1.29 is 19.1 Å². The first-order valence-electron chi connectivity index (χ1n) is 6.68. The van der Waals surface area contributed by atoms with Crippen LogP contribution in [-0.4, -0.2) is 24.0 Å². The molecule has 0 fully saturated rings. The second-order valence-electron chi connectivity index (χ2n) is 5.07. The number of hydrogen-bond acceptors (Lipinski definition) is 5. The van der Waals surface area contributed by atoms with Crippen molar-refractivity contribution in [2.75, 3.05) is 0 Å². The molecule has 22 heavy (non-hydrogen) atoms. The molecule has 0 saturated heterocycles. The summed E-state index contributed by atoms with van der Waals surface area (Å²) in [6, 6.07) is 8.28. The normalized spacial score (nSPS) is 12.1. The van der Waals surface area contributed by atoms with Crippen LogP contribution in [0.15, 0.2) is 30.3 Å². The van der Waals surface area contributed by atoms with E-state index in [2.05, 4.69) is 0 Å². The van der Waals surface area contributed by atoms with Gasteiger partial charge >= 0.3 is 12.0 Å². The maximum atomic E-state index is 12.2. The number of urea groups is 1. The number of ether oxygens (including phenoxy) is 1. The molecular formula is C15H16N2O4S. The highest BCUT2D eigenvalue weighted by molar-refractivity contribution is 7.20. The lowest BCUT2D eigenvalue weighted by Gasteiger charge is -2.19. The zero-order valence-electron chi connectivity index (χ0n) is 12.2. The van der Waals surface area contributed by atoms with E-state index in [1.54, 1.807) is 19.9 Å². The first-order valence-corrected chi connectivity index (χ1v) is 7.50. The second-order valence-corrected chi connectivity index (χ2v) is 6.16. The third-order valence-electron chi connectivity index (χ3n) is 2.97. The van der Waals surface area contributed by atoms with Crippen LogP contribution < -0.4 is 11.1 Å².